The first-order chi connectivity index (χ1) is 9.45. The molecule has 0 spiro atoms. The van der Waals surface area contributed by atoms with Gasteiger partial charge in [0.2, 0.25) is 10.0 Å². The first kappa shape index (κ1) is 15.9. The smallest absolute Gasteiger partial charge is 0.250 e. The number of hydrogen-bond acceptors (Lipinski definition) is 5. The van der Waals surface area contributed by atoms with Crippen LogP contribution in [0, 0.1) is 0 Å². The lowest BCUT2D eigenvalue weighted by Crippen LogP contribution is -2.40. The molecule has 0 amide bonds. The maximum Gasteiger partial charge on any atom is 0.250 e. The number of sulfonamides is 1. The summed E-state index contributed by atoms with van der Waals surface area (Å²) in [5, 5.41) is 0. The van der Waals surface area contributed by atoms with Gasteiger partial charge in [0.05, 0.1) is 13.2 Å². The normalized spacial score (nSPS) is 19.1. The molecule has 1 aliphatic heterocycles. The Bertz CT molecular complexity index is 532. The summed E-state index contributed by atoms with van der Waals surface area (Å²) in [7, 11) is -3.42. The molecular weight excluding hydrogens is 298 g/mol. The van der Waals surface area contributed by atoms with Gasteiger partial charge < -0.3 is 9.47 Å². The molecule has 20 heavy (non-hydrogen) atoms. The molecule has 0 unspecified atom stereocenters. The monoisotopic (exact) mass is 319 g/mol. The van der Waals surface area contributed by atoms with Crippen LogP contribution < -0.4 is 4.72 Å². The van der Waals surface area contributed by atoms with Crippen molar-refractivity contribution in [2.45, 2.75) is 43.1 Å². The lowest BCUT2D eigenvalue weighted by atomic mass is 10.2. The number of rotatable bonds is 6. The summed E-state index contributed by atoms with van der Waals surface area (Å²) in [5.41, 5.74) is 0. The summed E-state index contributed by atoms with van der Waals surface area (Å²) in [6.45, 7) is 5.48. The largest absolute Gasteiger partial charge is 0.350 e. The quantitative estimate of drug-likeness (QED) is 0.872. The van der Waals surface area contributed by atoms with Crippen LogP contribution in [0.2, 0.25) is 0 Å². The molecule has 2 rings (SSSR count). The minimum Gasteiger partial charge on any atom is -0.350 e. The fourth-order valence-electron chi connectivity index (χ4n) is 2.00. The second-order valence-electron chi connectivity index (χ2n) is 4.91. The van der Waals surface area contributed by atoms with Gasteiger partial charge in [-0.15, -0.1) is 11.3 Å². The zero-order valence-corrected chi connectivity index (χ0v) is 13.5. The molecule has 2 heterocycles. The summed E-state index contributed by atoms with van der Waals surface area (Å²) in [6, 6.07) is 3.51. The average Bonchev–Trinajstić information content (AvgIpc) is 2.88. The van der Waals surface area contributed by atoms with Gasteiger partial charge in [-0.25, -0.2) is 13.1 Å². The molecule has 0 atom stereocenters. The molecule has 5 nitrogen and oxygen atoms in total. The minimum atomic E-state index is -3.42. The Morgan fingerprint density at radius 1 is 1.35 bits per heavy atom. The first-order valence-electron chi connectivity index (χ1n) is 6.81. The van der Waals surface area contributed by atoms with E-state index in [1.807, 2.05) is 19.9 Å². The summed E-state index contributed by atoms with van der Waals surface area (Å²) in [6.07, 6.45) is 2.23. The standard InChI is InChI=1S/C13H21NO4S2/c1-3-11-5-6-12(19-11)20(15,16)14-8-7-13(2)17-9-4-10-18-13/h5-6,14H,3-4,7-10H2,1-2H3. The van der Waals surface area contributed by atoms with Gasteiger partial charge in [-0.05, 0) is 31.9 Å². The van der Waals surface area contributed by atoms with Crippen LogP contribution in [0.25, 0.3) is 0 Å². The third-order valence-corrected chi connectivity index (χ3v) is 6.41. The third-order valence-electron chi connectivity index (χ3n) is 3.22. The average molecular weight is 319 g/mol. The Morgan fingerprint density at radius 3 is 2.65 bits per heavy atom. The molecule has 0 aliphatic carbocycles. The van der Waals surface area contributed by atoms with E-state index in [1.54, 1.807) is 6.07 Å². The predicted octanol–water partition coefficient (Wildman–Crippen LogP) is 2.13. The molecule has 114 valence electrons. The molecule has 0 radical (unpaired) electrons. The zero-order chi connectivity index (χ0) is 14.6. The topological polar surface area (TPSA) is 64.6 Å². The number of hydrogen-bond donors (Lipinski definition) is 1. The molecule has 1 aromatic heterocycles. The van der Waals surface area contributed by atoms with Crippen molar-refractivity contribution in [2.75, 3.05) is 19.8 Å². The van der Waals surface area contributed by atoms with E-state index in [2.05, 4.69) is 4.72 Å². The number of thiophene rings is 1. The van der Waals surface area contributed by atoms with Crippen LogP contribution in [0.5, 0.6) is 0 Å². The molecule has 0 bridgehead atoms. The summed E-state index contributed by atoms with van der Waals surface area (Å²) in [5.74, 6) is -0.676. The minimum absolute atomic E-state index is 0.304. The molecule has 1 N–H and O–H groups in total. The van der Waals surface area contributed by atoms with Crippen molar-refractivity contribution >= 4 is 21.4 Å². The Labute approximate surface area is 124 Å². The van der Waals surface area contributed by atoms with E-state index < -0.39 is 15.8 Å². The summed E-state index contributed by atoms with van der Waals surface area (Å²) >= 11 is 1.31. The Morgan fingerprint density at radius 2 is 2.05 bits per heavy atom. The number of aryl methyl sites for hydroxylation is 1. The Balaban J connectivity index is 1.89. The molecule has 1 aliphatic rings. The van der Waals surface area contributed by atoms with Crippen molar-refractivity contribution < 1.29 is 17.9 Å². The second kappa shape index (κ2) is 6.53. The van der Waals surface area contributed by atoms with Crippen molar-refractivity contribution in [3.8, 4) is 0 Å². The van der Waals surface area contributed by atoms with E-state index in [-0.39, 0.29) is 0 Å². The lowest BCUT2D eigenvalue weighted by molar-refractivity contribution is -0.257. The Hall–Kier alpha value is -0.470. The van der Waals surface area contributed by atoms with Gasteiger partial charge in [-0.3, -0.25) is 0 Å². The summed E-state index contributed by atoms with van der Waals surface area (Å²) in [4.78, 5) is 1.07. The van der Waals surface area contributed by atoms with E-state index in [9.17, 15) is 8.42 Å². The van der Waals surface area contributed by atoms with Crippen LogP contribution in [0.15, 0.2) is 16.3 Å². The van der Waals surface area contributed by atoms with Gasteiger partial charge in [-0.1, -0.05) is 6.92 Å². The maximum atomic E-state index is 12.1. The number of ether oxygens (including phenoxy) is 2. The maximum absolute atomic E-state index is 12.1. The van der Waals surface area contributed by atoms with Crippen molar-refractivity contribution in [1.29, 1.82) is 0 Å². The van der Waals surface area contributed by atoms with Crippen molar-refractivity contribution in [2.24, 2.45) is 0 Å². The van der Waals surface area contributed by atoms with E-state index in [0.717, 1.165) is 17.7 Å². The molecular formula is C13H21NO4S2. The third kappa shape index (κ3) is 4.02. The Kier molecular flexibility index (Phi) is 5.19. The highest BCUT2D eigenvalue weighted by Crippen LogP contribution is 2.23. The highest BCUT2D eigenvalue weighted by molar-refractivity contribution is 7.91. The molecule has 1 saturated heterocycles. The van der Waals surface area contributed by atoms with E-state index in [4.69, 9.17) is 9.47 Å². The van der Waals surface area contributed by atoms with Crippen LogP contribution in [-0.4, -0.2) is 34.0 Å². The molecule has 0 saturated carbocycles. The van der Waals surface area contributed by atoms with Crippen LogP contribution >= 0.6 is 11.3 Å². The lowest BCUT2D eigenvalue weighted by Gasteiger charge is -2.33. The summed E-state index contributed by atoms with van der Waals surface area (Å²) < 4.78 is 38.3. The number of nitrogens with one attached hydrogen (secondary N) is 1. The van der Waals surface area contributed by atoms with E-state index in [0.29, 0.717) is 30.4 Å². The van der Waals surface area contributed by atoms with Gasteiger partial charge in [0.1, 0.15) is 4.21 Å². The van der Waals surface area contributed by atoms with Crippen LogP contribution in [0.3, 0.4) is 0 Å². The molecule has 7 heteroatoms. The highest BCUT2D eigenvalue weighted by Gasteiger charge is 2.29. The van der Waals surface area contributed by atoms with Crippen LogP contribution in [0.1, 0.15) is 31.6 Å². The van der Waals surface area contributed by atoms with Gasteiger partial charge in [0, 0.05) is 17.8 Å². The first-order valence-corrected chi connectivity index (χ1v) is 9.11. The highest BCUT2D eigenvalue weighted by atomic mass is 32.2. The van der Waals surface area contributed by atoms with Gasteiger partial charge in [0.15, 0.2) is 5.79 Å². The van der Waals surface area contributed by atoms with Gasteiger partial charge in [-0.2, -0.15) is 0 Å². The van der Waals surface area contributed by atoms with Gasteiger partial charge in [0.25, 0.3) is 0 Å². The van der Waals surface area contributed by atoms with Crippen molar-refractivity contribution in [1.82, 2.24) is 4.72 Å². The van der Waals surface area contributed by atoms with E-state index >= 15 is 0 Å². The fourth-order valence-corrected chi connectivity index (χ4v) is 4.37. The van der Waals surface area contributed by atoms with Gasteiger partial charge >= 0.3 is 0 Å². The SMILES string of the molecule is CCc1ccc(S(=O)(=O)NCCC2(C)OCCCO2)s1. The van der Waals surface area contributed by atoms with E-state index in [1.165, 1.54) is 11.3 Å². The second-order valence-corrected chi connectivity index (χ2v) is 8.07. The molecule has 1 fully saturated rings. The zero-order valence-electron chi connectivity index (χ0n) is 11.8. The molecule has 0 aromatic carbocycles. The van der Waals surface area contributed by atoms with Crippen LogP contribution in [0.4, 0.5) is 0 Å². The van der Waals surface area contributed by atoms with Crippen molar-refractivity contribution in [3.05, 3.63) is 17.0 Å². The predicted molar refractivity (Wildman–Crippen MR) is 78.4 cm³/mol. The van der Waals surface area contributed by atoms with Crippen molar-refractivity contribution in [3.63, 3.8) is 0 Å². The fraction of sp³-hybridized carbons (Fsp3) is 0.692. The van der Waals surface area contributed by atoms with Crippen LogP contribution in [-0.2, 0) is 25.9 Å². The molecule has 1 aromatic rings.